The van der Waals surface area contributed by atoms with Crippen LogP contribution in [0.2, 0.25) is 10.0 Å². The van der Waals surface area contributed by atoms with E-state index in [9.17, 15) is 4.79 Å². The van der Waals surface area contributed by atoms with Crippen molar-refractivity contribution in [2.24, 2.45) is 5.73 Å². The van der Waals surface area contributed by atoms with Crippen molar-refractivity contribution in [2.45, 2.75) is 6.42 Å². The van der Waals surface area contributed by atoms with Gasteiger partial charge in [-0.1, -0.05) is 29.3 Å². The minimum atomic E-state index is -0.498. The van der Waals surface area contributed by atoms with Crippen LogP contribution in [0.25, 0.3) is 0 Å². The number of hydrogen-bond acceptors (Lipinski definition) is 3. The molecule has 2 aromatic carbocycles. The van der Waals surface area contributed by atoms with Gasteiger partial charge in [-0.3, -0.25) is 4.79 Å². The Kier molecular flexibility index (Phi) is 4.94. The van der Waals surface area contributed by atoms with Crippen molar-refractivity contribution in [3.05, 3.63) is 57.6 Å². The Morgan fingerprint density at radius 2 is 1.90 bits per heavy atom. The smallest absolute Gasteiger partial charge is 0.250 e. The molecule has 0 heterocycles. The highest BCUT2D eigenvalue weighted by molar-refractivity contribution is 6.35. The second-order valence-corrected chi connectivity index (χ2v) is 5.43. The molecule has 6 heteroatoms. The summed E-state index contributed by atoms with van der Waals surface area (Å²) in [5, 5.41) is 4.37. The molecule has 0 atom stereocenters. The fourth-order valence-electron chi connectivity index (χ4n) is 1.98. The van der Waals surface area contributed by atoms with Crippen LogP contribution >= 0.6 is 23.2 Å². The van der Waals surface area contributed by atoms with E-state index >= 15 is 0 Å². The molecule has 0 aliphatic carbocycles. The first-order valence-corrected chi connectivity index (χ1v) is 7.10. The molecule has 0 aliphatic heterocycles. The van der Waals surface area contributed by atoms with E-state index in [1.807, 2.05) is 6.07 Å². The van der Waals surface area contributed by atoms with Gasteiger partial charge in [-0.25, -0.2) is 0 Å². The Morgan fingerprint density at radius 1 is 1.14 bits per heavy atom. The maximum atomic E-state index is 11.4. The van der Waals surface area contributed by atoms with Gasteiger partial charge < -0.3 is 16.8 Å². The highest BCUT2D eigenvalue weighted by Gasteiger charge is 2.08. The number of nitrogens with one attached hydrogen (secondary N) is 1. The number of carbonyl (C=O) groups excluding carboxylic acids is 1. The van der Waals surface area contributed by atoms with Crippen molar-refractivity contribution >= 4 is 40.5 Å². The Labute approximate surface area is 133 Å². The van der Waals surface area contributed by atoms with Crippen LogP contribution in [0.5, 0.6) is 0 Å². The minimum absolute atomic E-state index is 0.409. The molecule has 0 saturated heterocycles. The largest absolute Gasteiger partial charge is 0.399 e. The molecule has 0 aromatic heterocycles. The third-order valence-corrected chi connectivity index (χ3v) is 3.62. The van der Waals surface area contributed by atoms with E-state index in [0.29, 0.717) is 39.9 Å². The van der Waals surface area contributed by atoms with Crippen LogP contribution in [0, 0.1) is 0 Å². The number of nitrogen functional groups attached to an aromatic ring is 1. The lowest BCUT2D eigenvalue weighted by molar-refractivity contribution is 0.100. The zero-order valence-corrected chi connectivity index (χ0v) is 12.7. The molecule has 5 N–H and O–H groups in total. The van der Waals surface area contributed by atoms with Crippen molar-refractivity contribution in [3.63, 3.8) is 0 Å². The molecule has 2 aromatic rings. The van der Waals surface area contributed by atoms with Crippen molar-refractivity contribution in [1.82, 2.24) is 0 Å². The number of anilines is 2. The van der Waals surface area contributed by atoms with E-state index in [2.05, 4.69) is 5.32 Å². The monoisotopic (exact) mass is 323 g/mol. The van der Waals surface area contributed by atoms with Gasteiger partial charge in [0.1, 0.15) is 0 Å². The summed E-state index contributed by atoms with van der Waals surface area (Å²) in [5.74, 6) is -0.498. The molecule has 0 spiro atoms. The van der Waals surface area contributed by atoms with Crippen LogP contribution in [-0.4, -0.2) is 12.5 Å². The molecule has 0 radical (unpaired) electrons. The molecule has 2 rings (SSSR count). The lowest BCUT2D eigenvalue weighted by atomic mass is 10.1. The number of hydrogen-bond donors (Lipinski definition) is 3. The van der Waals surface area contributed by atoms with Gasteiger partial charge in [0.25, 0.3) is 5.91 Å². The lowest BCUT2D eigenvalue weighted by Crippen LogP contribution is -2.16. The zero-order valence-electron chi connectivity index (χ0n) is 11.2. The van der Waals surface area contributed by atoms with Gasteiger partial charge in [0, 0.05) is 28.0 Å². The Hall–Kier alpha value is -1.91. The van der Waals surface area contributed by atoms with Crippen LogP contribution in [0.15, 0.2) is 36.4 Å². The summed E-state index contributed by atoms with van der Waals surface area (Å²) in [5.41, 5.74) is 13.6. The van der Waals surface area contributed by atoms with Crippen LogP contribution in [0.1, 0.15) is 15.9 Å². The molecular weight excluding hydrogens is 309 g/mol. The molecule has 0 bridgehead atoms. The van der Waals surface area contributed by atoms with Gasteiger partial charge in [0.15, 0.2) is 0 Å². The molecule has 0 saturated carbocycles. The normalized spacial score (nSPS) is 10.4. The van der Waals surface area contributed by atoms with E-state index in [0.717, 1.165) is 5.56 Å². The first kappa shape index (κ1) is 15.5. The number of amides is 1. The summed E-state index contributed by atoms with van der Waals surface area (Å²) >= 11 is 12.0. The Balaban J connectivity index is 2.06. The van der Waals surface area contributed by atoms with Crippen molar-refractivity contribution in [3.8, 4) is 0 Å². The maximum absolute atomic E-state index is 11.4. The van der Waals surface area contributed by atoms with Gasteiger partial charge in [-0.2, -0.15) is 0 Å². The van der Waals surface area contributed by atoms with Crippen LogP contribution in [0.3, 0.4) is 0 Å². The second kappa shape index (κ2) is 6.70. The predicted octanol–water partition coefficient (Wildman–Crippen LogP) is 3.33. The second-order valence-electron chi connectivity index (χ2n) is 4.58. The molecular formula is C15H15Cl2N3O. The predicted molar refractivity (Wildman–Crippen MR) is 88.0 cm³/mol. The molecule has 0 unspecified atom stereocenters. The van der Waals surface area contributed by atoms with Gasteiger partial charge >= 0.3 is 0 Å². The summed E-state index contributed by atoms with van der Waals surface area (Å²) in [6, 6.07) is 10.3. The SMILES string of the molecule is NC(=O)c1ccc(N)cc1NCCc1ccc(Cl)cc1Cl. The van der Waals surface area contributed by atoms with Crippen LogP contribution in [-0.2, 0) is 6.42 Å². The number of halogens is 2. The number of rotatable bonds is 5. The minimum Gasteiger partial charge on any atom is -0.399 e. The fraction of sp³-hybridized carbons (Fsp3) is 0.133. The third-order valence-electron chi connectivity index (χ3n) is 3.03. The highest BCUT2D eigenvalue weighted by atomic mass is 35.5. The van der Waals surface area contributed by atoms with Gasteiger partial charge in [-0.15, -0.1) is 0 Å². The number of benzene rings is 2. The van der Waals surface area contributed by atoms with Gasteiger partial charge in [0.2, 0.25) is 0 Å². The van der Waals surface area contributed by atoms with Crippen molar-refractivity contribution in [2.75, 3.05) is 17.6 Å². The van der Waals surface area contributed by atoms with E-state index in [-0.39, 0.29) is 0 Å². The van der Waals surface area contributed by atoms with Crippen LogP contribution in [0.4, 0.5) is 11.4 Å². The molecule has 0 aliphatic rings. The zero-order chi connectivity index (χ0) is 15.4. The number of carbonyl (C=O) groups is 1. The van der Waals surface area contributed by atoms with E-state index in [1.54, 1.807) is 30.3 Å². The Bertz CT molecular complexity index is 674. The number of primary amides is 1. The third kappa shape index (κ3) is 4.03. The van der Waals surface area contributed by atoms with Crippen molar-refractivity contribution < 1.29 is 4.79 Å². The molecule has 110 valence electrons. The maximum Gasteiger partial charge on any atom is 0.250 e. The van der Waals surface area contributed by atoms with Gasteiger partial charge in [-0.05, 0) is 42.3 Å². The summed E-state index contributed by atoms with van der Waals surface area (Å²) < 4.78 is 0. The summed E-state index contributed by atoms with van der Waals surface area (Å²) in [4.78, 5) is 11.4. The molecule has 1 amide bonds. The molecule has 0 fully saturated rings. The summed E-state index contributed by atoms with van der Waals surface area (Å²) in [7, 11) is 0. The first-order chi connectivity index (χ1) is 9.97. The topological polar surface area (TPSA) is 81.1 Å². The van der Waals surface area contributed by atoms with Gasteiger partial charge in [0.05, 0.1) is 5.56 Å². The van der Waals surface area contributed by atoms with Crippen LogP contribution < -0.4 is 16.8 Å². The standard InChI is InChI=1S/C15H15Cl2N3O/c16-10-2-1-9(13(17)7-10)5-6-20-14-8-11(18)3-4-12(14)15(19)21/h1-4,7-8,20H,5-6,18H2,(H2,19,21). The quantitative estimate of drug-likeness (QED) is 0.738. The first-order valence-electron chi connectivity index (χ1n) is 6.34. The highest BCUT2D eigenvalue weighted by Crippen LogP contribution is 2.22. The summed E-state index contributed by atoms with van der Waals surface area (Å²) in [6.07, 6.45) is 0.684. The van der Waals surface area contributed by atoms with E-state index in [4.69, 9.17) is 34.7 Å². The fourth-order valence-corrected chi connectivity index (χ4v) is 2.48. The average molecular weight is 324 g/mol. The van der Waals surface area contributed by atoms with E-state index in [1.165, 1.54) is 0 Å². The van der Waals surface area contributed by atoms with E-state index < -0.39 is 5.91 Å². The number of nitrogens with two attached hydrogens (primary N) is 2. The summed E-state index contributed by atoms with van der Waals surface area (Å²) in [6.45, 7) is 0.588. The molecule has 21 heavy (non-hydrogen) atoms. The lowest BCUT2D eigenvalue weighted by Gasteiger charge is -2.11. The molecule has 4 nitrogen and oxygen atoms in total. The average Bonchev–Trinajstić information content (AvgIpc) is 2.41. The van der Waals surface area contributed by atoms with Crippen molar-refractivity contribution in [1.29, 1.82) is 0 Å². The Morgan fingerprint density at radius 3 is 2.57 bits per heavy atom.